The number of hydrogen-bond donors (Lipinski definition) is 1. The number of aryl methyl sites for hydroxylation is 1. The lowest BCUT2D eigenvalue weighted by Crippen LogP contribution is -2.45. The predicted molar refractivity (Wildman–Crippen MR) is 186 cm³/mol. The molecule has 6 nitrogen and oxygen atoms in total. The number of nitrogens with zero attached hydrogens (tertiary/aromatic N) is 3. The molecule has 6 aromatic rings. The number of pyridine rings is 1. The van der Waals surface area contributed by atoms with Crippen molar-refractivity contribution in [2.75, 3.05) is 7.11 Å². The van der Waals surface area contributed by atoms with Gasteiger partial charge in [0.1, 0.15) is 11.3 Å². The number of nitrogens with one attached hydrogen (secondary N) is 1. The predicted octanol–water partition coefficient (Wildman–Crippen LogP) is 8.21. The van der Waals surface area contributed by atoms with Crippen molar-refractivity contribution in [3.05, 3.63) is 152 Å². The van der Waals surface area contributed by atoms with Crippen molar-refractivity contribution in [2.45, 2.75) is 31.5 Å². The Labute approximate surface area is 278 Å². The van der Waals surface area contributed by atoms with Crippen LogP contribution in [0.5, 0.6) is 5.75 Å². The largest absolute Gasteiger partial charge is 0.497 e. The lowest BCUT2D eigenvalue weighted by atomic mass is 9.79. The summed E-state index contributed by atoms with van der Waals surface area (Å²) < 4.78 is 9.39. The van der Waals surface area contributed by atoms with E-state index in [1.165, 1.54) is 0 Å². The number of benzene rings is 4. The molecule has 8 heteroatoms. The highest BCUT2D eigenvalue weighted by Crippen LogP contribution is 2.41. The van der Waals surface area contributed by atoms with Crippen LogP contribution in [0, 0.1) is 5.92 Å². The molecule has 46 heavy (non-hydrogen) atoms. The molecule has 2 heterocycles. The highest BCUT2D eigenvalue weighted by Gasteiger charge is 2.39. The Morgan fingerprint density at radius 3 is 2.35 bits per heavy atom. The minimum atomic E-state index is -0.840. The van der Waals surface area contributed by atoms with Gasteiger partial charge in [-0.25, -0.2) is 4.98 Å². The summed E-state index contributed by atoms with van der Waals surface area (Å²) in [5, 5.41) is 6.20. The summed E-state index contributed by atoms with van der Waals surface area (Å²) in [7, 11) is 3.68. The normalized spacial score (nSPS) is 14.3. The number of imidazole rings is 1. The molecule has 0 saturated heterocycles. The first-order valence-electron chi connectivity index (χ1n) is 15.4. The number of methoxy groups -OCH3 is 1. The average molecular weight is 650 g/mol. The fourth-order valence-corrected chi connectivity index (χ4v) is 6.73. The molecule has 1 fully saturated rings. The van der Waals surface area contributed by atoms with E-state index in [-0.39, 0.29) is 5.56 Å². The van der Waals surface area contributed by atoms with Crippen molar-refractivity contribution in [1.82, 2.24) is 19.4 Å². The minimum Gasteiger partial charge on any atom is -0.497 e. The first-order valence-corrected chi connectivity index (χ1v) is 16.2. The summed E-state index contributed by atoms with van der Waals surface area (Å²) in [4.78, 5) is 18.2. The van der Waals surface area contributed by atoms with Crippen LogP contribution in [-0.2, 0) is 25.7 Å². The number of hydrogen-bond acceptors (Lipinski definition) is 4. The van der Waals surface area contributed by atoms with Gasteiger partial charge in [-0.05, 0) is 95.1 Å². The maximum atomic E-state index is 13.6. The molecule has 0 amide bonds. The SMILES string of the molecule is COc1ccc(CNC(c2ccc(Cl)cc2)(c2ccc3c(c2)c(-c2cccc(Cl)c2)cc(=O)n3CC2CC2)c2cncn2C)cc1. The van der Waals surface area contributed by atoms with E-state index in [0.717, 1.165) is 63.0 Å². The van der Waals surface area contributed by atoms with Crippen molar-refractivity contribution in [2.24, 2.45) is 13.0 Å². The standard InChI is InChI=1S/C38H34Cl2N4O2/c1-43-24-41-22-36(43)38(28-10-13-30(39)14-11-28,42-21-25-8-15-32(46-2)16-9-25)29-12-17-35-34(19-29)33(27-4-3-5-31(40)18-27)20-37(45)44(35)23-26-6-7-26/h3-5,8-20,22,24,26,42H,6-7,21,23H2,1-2H3. The van der Waals surface area contributed by atoms with Crippen molar-refractivity contribution >= 4 is 34.1 Å². The summed E-state index contributed by atoms with van der Waals surface area (Å²) in [6.45, 7) is 1.27. The van der Waals surface area contributed by atoms with Crippen LogP contribution < -0.4 is 15.6 Å². The lowest BCUT2D eigenvalue weighted by Gasteiger charge is -2.37. The molecule has 0 aliphatic heterocycles. The molecule has 1 aliphatic rings. The summed E-state index contributed by atoms with van der Waals surface area (Å²) in [6, 6.07) is 31.9. The summed E-state index contributed by atoms with van der Waals surface area (Å²) in [5.41, 5.74) is 5.86. The van der Waals surface area contributed by atoms with Crippen molar-refractivity contribution < 1.29 is 4.74 Å². The molecule has 1 N–H and O–H groups in total. The molecular weight excluding hydrogens is 615 g/mol. The monoisotopic (exact) mass is 648 g/mol. The third-order valence-corrected chi connectivity index (χ3v) is 9.50. The molecular formula is C38H34Cl2N4O2. The lowest BCUT2D eigenvalue weighted by molar-refractivity contribution is 0.414. The average Bonchev–Trinajstić information content (AvgIpc) is 3.80. The topological polar surface area (TPSA) is 61.1 Å². The van der Waals surface area contributed by atoms with Crippen molar-refractivity contribution in [3.63, 3.8) is 0 Å². The molecule has 1 saturated carbocycles. The van der Waals surface area contributed by atoms with E-state index in [4.69, 9.17) is 27.9 Å². The van der Waals surface area contributed by atoms with Crippen LogP contribution in [0.2, 0.25) is 10.0 Å². The van der Waals surface area contributed by atoms with E-state index < -0.39 is 5.54 Å². The molecule has 0 spiro atoms. The minimum absolute atomic E-state index is 0.00430. The Bertz CT molecular complexity index is 2080. The molecule has 7 rings (SSSR count). The fraction of sp³-hybridized carbons (Fsp3) is 0.211. The van der Waals surface area contributed by atoms with Gasteiger partial charge < -0.3 is 13.9 Å². The van der Waals surface area contributed by atoms with Gasteiger partial charge in [0.15, 0.2) is 0 Å². The number of fused-ring (bicyclic) bond motifs is 1. The maximum Gasteiger partial charge on any atom is 0.251 e. The van der Waals surface area contributed by atoms with E-state index in [2.05, 4.69) is 52.8 Å². The van der Waals surface area contributed by atoms with Gasteiger partial charge in [0.2, 0.25) is 0 Å². The molecule has 0 bridgehead atoms. The second kappa shape index (κ2) is 12.4. The molecule has 2 aromatic heterocycles. The zero-order chi connectivity index (χ0) is 31.8. The number of aromatic nitrogens is 3. The van der Waals surface area contributed by atoms with E-state index >= 15 is 0 Å². The Morgan fingerprint density at radius 1 is 0.913 bits per heavy atom. The third kappa shape index (κ3) is 5.73. The van der Waals surface area contributed by atoms with Crippen LogP contribution in [0.4, 0.5) is 0 Å². The van der Waals surface area contributed by atoms with Crippen molar-refractivity contribution in [3.8, 4) is 16.9 Å². The van der Waals surface area contributed by atoms with E-state index in [1.807, 2.05) is 77.2 Å². The second-order valence-corrected chi connectivity index (χ2v) is 12.9. The van der Waals surface area contributed by atoms with Crippen LogP contribution >= 0.6 is 23.2 Å². The van der Waals surface area contributed by atoms with E-state index in [1.54, 1.807) is 13.2 Å². The molecule has 1 aliphatic carbocycles. The van der Waals surface area contributed by atoms with Gasteiger partial charge in [-0.15, -0.1) is 0 Å². The summed E-state index contributed by atoms with van der Waals surface area (Å²) >= 11 is 12.9. The Kier molecular flexibility index (Phi) is 8.20. The van der Waals surface area contributed by atoms with Gasteiger partial charge in [-0.1, -0.05) is 65.7 Å². The van der Waals surface area contributed by atoms with Gasteiger partial charge in [0.05, 0.1) is 30.8 Å². The van der Waals surface area contributed by atoms with Crippen LogP contribution in [0.3, 0.4) is 0 Å². The zero-order valence-electron chi connectivity index (χ0n) is 25.7. The number of halogens is 2. The summed E-state index contributed by atoms with van der Waals surface area (Å²) in [5.74, 6) is 1.34. The molecule has 1 unspecified atom stereocenters. The first kappa shape index (κ1) is 30.3. The summed E-state index contributed by atoms with van der Waals surface area (Å²) in [6.07, 6.45) is 6.03. The molecule has 4 aromatic carbocycles. The van der Waals surface area contributed by atoms with Crippen LogP contribution in [-0.4, -0.2) is 21.2 Å². The van der Waals surface area contributed by atoms with E-state index in [0.29, 0.717) is 29.1 Å². The smallest absolute Gasteiger partial charge is 0.251 e. The van der Waals surface area contributed by atoms with Gasteiger partial charge in [-0.2, -0.15) is 0 Å². The quantitative estimate of drug-likeness (QED) is 0.163. The zero-order valence-corrected chi connectivity index (χ0v) is 27.2. The highest BCUT2D eigenvalue weighted by atomic mass is 35.5. The van der Waals surface area contributed by atoms with Crippen LogP contribution in [0.25, 0.3) is 22.0 Å². The van der Waals surface area contributed by atoms with Crippen LogP contribution in [0.1, 0.15) is 35.2 Å². The van der Waals surface area contributed by atoms with Gasteiger partial charge in [0.25, 0.3) is 5.56 Å². The van der Waals surface area contributed by atoms with E-state index in [9.17, 15) is 4.79 Å². The second-order valence-electron chi connectivity index (χ2n) is 12.0. The van der Waals surface area contributed by atoms with Gasteiger partial charge in [0, 0.05) is 41.6 Å². The van der Waals surface area contributed by atoms with Gasteiger partial charge in [-0.3, -0.25) is 10.1 Å². The highest BCUT2D eigenvalue weighted by molar-refractivity contribution is 6.31. The fourth-order valence-electron chi connectivity index (χ4n) is 6.41. The molecule has 0 radical (unpaired) electrons. The van der Waals surface area contributed by atoms with Gasteiger partial charge >= 0.3 is 0 Å². The molecule has 1 atom stereocenters. The van der Waals surface area contributed by atoms with Crippen molar-refractivity contribution in [1.29, 1.82) is 0 Å². The Balaban J connectivity index is 1.49. The Morgan fingerprint density at radius 2 is 1.67 bits per heavy atom. The Hall–Kier alpha value is -4.36. The maximum absolute atomic E-state index is 13.6. The number of ether oxygens (including phenoxy) is 1. The number of rotatable bonds is 10. The third-order valence-electron chi connectivity index (χ3n) is 9.01. The van der Waals surface area contributed by atoms with Crippen LogP contribution in [0.15, 0.2) is 114 Å². The first-order chi connectivity index (χ1) is 22.4. The molecule has 232 valence electrons.